The number of carbonyl (C=O) groups excluding carboxylic acids is 2. The minimum absolute atomic E-state index is 0. The fourth-order valence-electron chi connectivity index (χ4n) is 2.22. The van der Waals surface area contributed by atoms with Gasteiger partial charge in [-0.2, -0.15) is 0 Å². The van der Waals surface area contributed by atoms with Gasteiger partial charge in [0.05, 0.1) is 0 Å². The standard InChI is InChI=1S/C15H22N4O2.ClH/c1-19(2)15(21)18-12-6-3-5-11(9-12)14(20)17-10-13-7-4-8-16-13;/h3,5-6,9,13,16H,4,7-8,10H2,1-2H3,(H,17,20)(H,18,21);1H. The molecular weight excluding hydrogens is 304 g/mol. The summed E-state index contributed by atoms with van der Waals surface area (Å²) in [4.78, 5) is 25.2. The lowest BCUT2D eigenvalue weighted by molar-refractivity contribution is 0.0950. The van der Waals surface area contributed by atoms with E-state index >= 15 is 0 Å². The zero-order chi connectivity index (χ0) is 15.2. The second kappa shape index (κ2) is 8.60. The van der Waals surface area contributed by atoms with Gasteiger partial charge in [0.1, 0.15) is 0 Å². The Morgan fingerprint density at radius 3 is 2.77 bits per heavy atom. The molecule has 6 nitrogen and oxygen atoms in total. The minimum Gasteiger partial charge on any atom is -0.350 e. The average molecular weight is 327 g/mol. The van der Waals surface area contributed by atoms with Gasteiger partial charge < -0.3 is 20.9 Å². The Morgan fingerprint density at radius 2 is 2.14 bits per heavy atom. The first kappa shape index (κ1) is 18.3. The zero-order valence-electron chi connectivity index (χ0n) is 12.9. The summed E-state index contributed by atoms with van der Waals surface area (Å²) in [6.07, 6.45) is 2.26. The first-order valence-corrected chi connectivity index (χ1v) is 7.16. The van der Waals surface area contributed by atoms with E-state index in [1.54, 1.807) is 38.4 Å². The number of halogens is 1. The van der Waals surface area contributed by atoms with Crippen molar-refractivity contribution in [2.24, 2.45) is 0 Å². The van der Waals surface area contributed by atoms with Crippen molar-refractivity contribution >= 4 is 30.0 Å². The van der Waals surface area contributed by atoms with E-state index in [0.29, 0.717) is 23.8 Å². The summed E-state index contributed by atoms with van der Waals surface area (Å²) in [7, 11) is 3.33. The van der Waals surface area contributed by atoms with Crippen LogP contribution in [0.5, 0.6) is 0 Å². The second-order valence-electron chi connectivity index (χ2n) is 5.41. The SMILES string of the molecule is CN(C)C(=O)Nc1cccc(C(=O)NCC2CCCN2)c1.Cl. The van der Waals surface area contributed by atoms with Gasteiger partial charge in [-0.25, -0.2) is 4.79 Å². The van der Waals surface area contributed by atoms with Crippen molar-refractivity contribution in [2.75, 3.05) is 32.5 Å². The summed E-state index contributed by atoms with van der Waals surface area (Å²) >= 11 is 0. The summed E-state index contributed by atoms with van der Waals surface area (Å²) in [5, 5.41) is 8.98. The van der Waals surface area contributed by atoms with E-state index in [4.69, 9.17) is 0 Å². The highest BCUT2D eigenvalue weighted by atomic mass is 35.5. The van der Waals surface area contributed by atoms with Crippen molar-refractivity contribution in [2.45, 2.75) is 18.9 Å². The van der Waals surface area contributed by atoms with E-state index < -0.39 is 0 Å². The Kier molecular flexibility index (Phi) is 7.14. The maximum absolute atomic E-state index is 12.1. The van der Waals surface area contributed by atoms with Crippen LogP contribution in [0.4, 0.5) is 10.5 Å². The van der Waals surface area contributed by atoms with Crippen LogP contribution in [-0.4, -0.2) is 50.1 Å². The maximum Gasteiger partial charge on any atom is 0.321 e. The van der Waals surface area contributed by atoms with E-state index in [2.05, 4.69) is 16.0 Å². The van der Waals surface area contributed by atoms with Crippen LogP contribution in [0.25, 0.3) is 0 Å². The lowest BCUT2D eigenvalue weighted by atomic mass is 10.1. The monoisotopic (exact) mass is 326 g/mol. The lowest BCUT2D eigenvalue weighted by Gasteiger charge is -2.14. The first-order chi connectivity index (χ1) is 10.1. The molecule has 1 aliphatic rings. The fourth-order valence-corrected chi connectivity index (χ4v) is 2.22. The molecule has 1 heterocycles. The number of rotatable bonds is 4. The van der Waals surface area contributed by atoms with Crippen molar-refractivity contribution in [3.8, 4) is 0 Å². The van der Waals surface area contributed by atoms with Gasteiger partial charge in [-0.15, -0.1) is 12.4 Å². The summed E-state index contributed by atoms with van der Waals surface area (Å²) in [5.41, 5.74) is 1.16. The van der Waals surface area contributed by atoms with E-state index in [0.717, 1.165) is 19.4 Å². The molecule has 0 radical (unpaired) electrons. The van der Waals surface area contributed by atoms with Crippen LogP contribution in [0, 0.1) is 0 Å². The Hall–Kier alpha value is -1.79. The van der Waals surface area contributed by atoms with Crippen LogP contribution < -0.4 is 16.0 Å². The summed E-state index contributed by atoms with van der Waals surface area (Å²) < 4.78 is 0. The average Bonchev–Trinajstić information content (AvgIpc) is 2.98. The van der Waals surface area contributed by atoms with Crippen LogP contribution in [0.2, 0.25) is 0 Å². The van der Waals surface area contributed by atoms with E-state index in [-0.39, 0.29) is 24.3 Å². The van der Waals surface area contributed by atoms with Crippen molar-refractivity contribution in [1.82, 2.24) is 15.5 Å². The fraction of sp³-hybridized carbons (Fsp3) is 0.467. The van der Waals surface area contributed by atoms with Gasteiger partial charge in [0, 0.05) is 37.9 Å². The molecule has 0 bridgehead atoms. The molecule has 3 N–H and O–H groups in total. The molecule has 122 valence electrons. The number of amides is 3. The number of anilines is 1. The number of hydrogen-bond acceptors (Lipinski definition) is 3. The van der Waals surface area contributed by atoms with Crippen molar-refractivity contribution in [3.05, 3.63) is 29.8 Å². The molecule has 1 aromatic carbocycles. The highest BCUT2D eigenvalue weighted by molar-refractivity contribution is 5.96. The van der Waals surface area contributed by atoms with Crippen LogP contribution in [-0.2, 0) is 0 Å². The molecule has 1 unspecified atom stereocenters. The number of urea groups is 1. The topological polar surface area (TPSA) is 73.5 Å². The van der Waals surface area contributed by atoms with E-state index in [9.17, 15) is 9.59 Å². The first-order valence-electron chi connectivity index (χ1n) is 7.16. The molecule has 1 atom stereocenters. The van der Waals surface area contributed by atoms with Crippen LogP contribution in [0.3, 0.4) is 0 Å². The van der Waals surface area contributed by atoms with Crippen LogP contribution >= 0.6 is 12.4 Å². The Labute approximate surface area is 137 Å². The molecule has 1 saturated heterocycles. The van der Waals surface area contributed by atoms with Crippen molar-refractivity contribution < 1.29 is 9.59 Å². The van der Waals surface area contributed by atoms with E-state index in [1.807, 2.05) is 0 Å². The number of nitrogens with one attached hydrogen (secondary N) is 3. The molecule has 7 heteroatoms. The maximum atomic E-state index is 12.1. The van der Waals surface area contributed by atoms with Crippen LogP contribution in [0.15, 0.2) is 24.3 Å². The lowest BCUT2D eigenvalue weighted by Crippen LogP contribution is -2.37. The molecule has 1 fully saturated rings. The number of benzene rings is 1. The third kappa shape index (κ3) is 5.20. The molecule has 1 aliphatic heterocycles. The molecule has 22 heavy (non-hydrogen) atoms. The third-order valence-electron chi connectivity index (χ3n) is 3.45. The largest absolute Gasteiger partial charge is 0.350 e. The van der Waals surface area contributed by atoms with Gasteiger partial charge in [-0.05, 0) is 37.6 Å². The molecule has 2 rings (SSSR count). The number of nitrogens with zero attached hydrogens (tertiary/aromatic N) is 1. The third-order valence-corrected chi connectivity index (χ3v) is 3.45. The minimum atomic E-state index is -0.220. The normalized spacial score (nSPS) is 16.5. The highest BCUT2D eigenvalue weighted by Crippen LogP contribution is 2.11. The number of hydrogen-bond donors (Lipinski definition) is 3. The van der Waals surface area contributed by atoms with Crippen molar-refractivity contribution in [3.63, 3.8) is 0 Å². The van der Waals surface area contributed by atoms with E-state index in [1.165, 1.54) is 4.90 Å². The van der Waals surface area contributed by atoms with Gasteiger partial charge >= 0.3 is 6.03 Å². The Morgan fingerprint density at radius 1 is 1.36 bits per heavy atom. The smallest absolute Gasteiger partial charge is 0.321 e. The molecule has 0 saturated carbocycles. The Bertz CT molecular complexity index is 516. The molecular formula is C15H23ClN4O2. The van der Waals surface area contributed by atoms with Gasteiger partial charge in [-0.3, -0.25) is 4.79 Å². The summed E-state index contributed by atoms with van der Waals surface area (Å²) in [6.45, 7) is 1.65. The predicted octanol–water partition coefficient (Wildman–Crippen LogP) is 1.68. The molecule has 0 aliphatic carbocycles. The quantitative estimate of drug-likeness (QED) is 0.788. The molecule has 0 aromatic heterocycles. The van der Waals surface area contributed by atoms with Gasteiger partial charge in [-0.1, -0.05) is 6.07 Å². The van der Waals surface area contributed by atoms with Crippen molar-refractivity contribution in [1.29, 1.82) is 0 Å². The molecule has 0 spiro atoms. The molecule has 3 amide bonds. The predicted molar refractivity (Wildman–Crippen MR) is 89.8 cm³/mol. The zero-order valence-corrected chi connectivity index (χ0v) is 13.7. The highest BCUT2D eigenvalue weighted by Gasteiger charge is 2.15. The summed E-state index contributed by atoms with van der Waals surface area (Å²) in [5.74, 6) is -0.121. The van der Waals surface area contributed by atoms with Gasteiger partial charge in [0.2, 0.25) is 0 Å². The summed E-state index contributed by atoms with van der Waals surface area (Å²) in [6, 6.07) is 7.08. The number of carbonyl (C=O) groups is 2. The second-order valence-corrected chi connectivity index (χ2v) is 5.41. The molecule has 1 aromatic rings. The Balaban J connectivity index is 0.00000242. The van der Waals surface area contributed by atoms with Gasteiger partial charge in [0.25, 0.3) is 5.91 Å². The van der Waals surface area contributed by atoms with Gasteiger partial charge in [0.15, 0.2) is 0 Å². The van der Waals surface area contributed by atoms with Crippen LogP contribution in [0.1, 0.15) is 23.2 Å².